The number of benzene rings is 1. The second kappa shape index (κ2) is 6.47. The third-order valence-electron chi connectivity index (χ3n) is 3.89. The lowest BCUT2D eigenvalue weighted by molar-refractivity contribution is -0.167. The van der Waals surface area contributed by atoms with Crippen molar-refractivity contribution in [1.82, 2.24) is 0 Å². The summed E-state index contributed by atoms with van der Waals surface area (Å²) in [5, 5.41) is 1.73. The van der Waals surface area contributed by atoms with Gasteiger partial charge in [0, 0.05) is 24.0 Å². The largest absolute Gasteiger partial charge is 0.471 e. The molecule has 3 N–H and O–H groups in total. The molecule has 0 saturated carbocycles. The third kappa shape index (κ3) is 3.94. The molecule has 0 bridgehead atoms. The molecule has 1 atom stereocenters. The average molecular weight is 329 g/mol. The van der Waals surface area contributed by atoms with E-state index in [4.69, 9.17) is 5.73 Å². The summed E-state index contributed by atoms with van der Waals surface area (Å²) in [6, 6.07) is 4.25. The molecule has 0 unspecified atom stereocenters. The SMILES string of the molecule is C[C@H]1CCCCN1c1ccc(NC(=O)C(F)(F)F)cc1C(N)=O. The van der Waals surface area contributed by atoms with Gasteiger partial charge in [-0.3, -0.25) is 9.59 Å². The minimum absolute atomic E-state index is 0.0960. The van der Waals surface area contributed by atoms with Gasteiger partial charge in [0.05, 0.1) is 5.56 Å². The number of halogens is 3. The van der Waals surface area contributed by atoms with Gasteiger partial charge < -0.3 is 16.0 Å². The van der Waals surface area contributed by atoms with Crippen LogP contribution in [0.5, 0.6) is 0 Å². The number of anilines is 2. The molecule has 1 aromatic rings. The van der Waals surface area contributed by atoms with Crippen LogP contribution in [0.1, 0.15) is 36.5 Å². The highest BCUT2D eigenvalue weighted by atomic mass is 19.4. The lowest BCUT2D eigenvalue weighted by Crippen LogP contribution is -2.38. The molecule has 0 aliphatic carbocycles. The number of hydrogen-bond acceptors (Lipinski definition) is 3. The predicted molar refractivity (Wildman–Crippen MR) is 80.3 cm³/mol. The van der Waals surface area contributed by atoms with Crippen molar-refractivity contribution >= 4 is 23.2 Å². The number of alkyl halides is 3. The summed E-state index contributed by atoms with van der Waals surface area (Å²) in [6.45, 7) is 2.76. The van der Waals surface area contributed by atoms with E-state index >= 15 is 0 Å². The maximum atomic E-state index is 12.3. The first-order valence-corrected chi connectivity index (χ1v) is 7.29. The summed E-state index contributed by atoms with van der Waals surface area (Å²) in [7, 11) is 0. The molecule has 126 valence electrons. The smallest absolute Gasteiger partial charge is 0.368 e. The molecule has 2 amide bonds. The van der Waals surface area contributed by atoms with Crippen molar-refractivity contribution in [3.8, 4) is 0 Å². The van der Waals surface area contributed by atoms with Crippen LogP contribution in [-0.4, -0.2) is 30.6 Å². The van der Waals surface area contributed by atoms with Crippen molar-refractivity contribution in [3.05, 3.63) is 23.8 Å². The molecule has 0 radical (unpaired) electrons. The van der Waals surface area contributed by atoms with E-state index in [1.807, 2.05) is 11.8 Å². The monoisotopic (exact) mass is 329 g/mol. The average Bonchev–Trinajstić information content (AvgIpc) is 2.47. The molecule has 1 aromatic carbocycles. The van der Waals surface area contributed by atoms with E-state index in [0.29, 0.717) is 5.69 Å². The summed E-state index contributed by atoms with van der Waals surface area (Å²) in [5.41, 5.74) is 5.91. The number of amides is 2. The fraction of sp³-hybridized carbons (Fsp3) is 0.467. The molecule has 8 heteroatoms. The van der Waals surface area contributed by atoms with Crippen molar-refractivity contribution < 1.29 is 22.8 Å². The van der Waals surface area contributed by atoms with E-state index in [0.717, 1.165) is 25.8 Å². The Hall–Kier alpha value is -2.25. The summed E-state index contributed by atoms with van der Waals surface area (Å²) in [4.78, 5) is 24.7. The number of primary amides is 1. The molecular formula is C15H18F3N3O2. The molecule has 1 saturated heterocycles. The molecule has 1 fully saturated rings. The van der Waals surface area contributed by atoms with Gasteiger partial charge in [-0.2, -0.15) is 13.2 Å². The number of nitrogens with two attached hydrogens (primary N) is 1. The van der Waals surface area contributed by atoms with Crippen molar-refractivity contribution in [2.75, 3.05) is 16.8 Å². The predicted octanol–water partition coefficient (Wildman–Crippen LogP) is 2.67. The fourth-order valence-electron chi connectivity index (χ4n) is 2.72. The van der Waals surface area contributed by atoms with E-state index in [-0.39, 0.29) is 17.3 Å². The zero-order chi connectivity index (χ0) is 17.2. The molecule has 2 rings (SSSR count). The van der Waals surface area contributed by atoms with Gasteiger partial charge in [0.25, 0.3) is 5.91 Å². The molecule has 1 aliphatic heterocycles. The molecule has 5 nitrogen and oxygen atoms in total. The van der Waals surface area contributed by atoms with Gasteiger partial charge in [0.2, 0.25) is 0 Å². The minimum Gasteiger partial charge on any atom is -0.368 e. The van der Waals surface area contributed by atoms with Gasteiger partial charge in [-0.15, -0.1) is 0 Å². The summed E-state index contributed by atoms with van der Waals surface area (Å²) in [6.07, 6.45) is -1.98. The van der Waals surface area contributed by atoms with E-state index in [1.54, 1.807) is 5.32 Å². The number of nitrogens with one attached hydrogen (secondary N) is 1. The van der Waals surface area contributed by atoms with Crippen LogP contribution in [0, 0.1) is 0 Å². The first kappa shape index (κ1) is 17.1. The first-order valence-electron chi connectivity index (χ1n) is 7.29. The maximum Gasteiger partial charge on any atom is 0.471 e. The van der Waals surface area contributed by atoms with Crippen LogP contribution >= 0.6 is 0 Å². The van der Waals surface area contributed by atoms with Crippen LogP contribution in [0.3, 0.4) is 0 Å². The van der Waals surface area contributed by atoms with Crippen LogP contribution in [-0.2, 0) is 4.79 Å². The van der Waals surface area contributed by atoms with Gasteiger partial charge in [0.15, 0.2) is 0 Å². The molecule has 23 heavy (non-hydrogen) atoms. The summed E-state index contributed by atoms with van der Waals surface area (Å²) >= 11 is 0. The van der Waals surface area contributed by atoms with Crippen LogP contribution in [0.4, 0.5) is 24.5 Å². The van der Waals surface area contributed by atoms with Crippen molar-refractivity contribution in [1.29, 1.82) is 0 Å². The fourth-order valence-corrected chi connectivity index (χ4v) is 2.72. The number of rotatable bonds is 3. The second-order valence-corrected chi connectivity index (χ2v) is 5.59. The standard InChI is InChI=1S/C15H18F3N3O2/c1-9-4-2-3-7-21(9)12-6-5-10(8-11(12)13(19)22)20-14(23)15(16,17)18/h5-6,8-9H,2-4,7H2,1H3,(H2,19,22)(H,20,23)/t9-/m0/s1. The molecule has 1 aliphatic rings. The second-order valence-electron chi connectivity index (χ2n) is 5.59. The van der Waals surface area contributed by atoms with Crippen molar-refractivity contribution in [2.24, 2.45) is 5.73 Å². The van der Waals surface area contributed by atoms with Crippen LogP contribution in [0.15, 0.2) is 18.2 Å². The van der Waals surface area contributed by atoms with Crippen LogP contribution < -0.4 is 16.0 Å². The number of hydrogen-bond donors (Lipinski definition) is 2. The van der Waals surface area contributed by atoms with Crippen LogP contribution in [0.25, 0.3) is 0 Å². The van der Waals surface area contributed by atoms with E-state index < -0.39 is 18.0 Å². The topological polar surface area (TPSA) is 75.4 Å². The van der Waals surface area contributed by atoms with Gasteiger partial charge in [0.1, 0.15) is 0 Å². The Balaban J connectivity index is 2.31. The van der Waals surface area contributed by atoms with Crippen molar-refractivity contribution in [2.45, 2.75) is 38.4 Å². The lowest BCUT2D eigenvalue weighted by atomic mass is 10.0. The van der Waals surface area contributed by atoms with Gasteiger partial charge in [-0.1, -0.05) is 0 Å². The molecule has 1 heterocycles. The van der Waals surface area contributed by atoms with E-state index in [1.165, 1.54) is 18.2 Å². The van der Waals surface area contributed by atoms with Crippen LogP contribution in [0.2, 0.25) is 0 Å². The Labute approximate surface area is 131 Å². The Morgan fingerprint density at radius 2 is 2.00 bits per heavy atom. The zero-order valence-corrected chi connectivity index (χ0v) is 12.6. The Kier molecular flexibility index (Phi) is 4.82. The van der Waals surface area contributed by atoms with E-state index in [2.05, 4.69) is 0 Å². The number of nitrogens with zero attached hydrogens (tertiary/aromatic N) is 1. The van der Waals surface area contributed by atoms with Crippen molar-refractivity contribution in [3.63, 3.8) is 0 Å². The quantitative estimate of drug-likeness (QED) is 0.895. The van der Waals surface area contributed by atoms with Gasteiger partial charge >= 0.3 is 12.1 Å². The number of piperidine rings is 1. The Bertz CT molecular complexity index is 616. The first-order chi connectivity index (χ1) is 10.7. The Morgan fingerprint density at radius 3 is 2.57 bits per heavy atom. The highest BCUT2D eigenvalue weighted by Gasteiger charge is 2.38. The maximum absolute atomic E-state index is 12.3. The molecular weight excluding hydrogens is 311 g/mol. The molecule has 0 aromatic heterocycles. The lowest BCUT2D eigenvalue weighted by Gasteiger charge is -2.36. The molecule has 0 spiro atoms. The highest BCUT2D eigenvalue weighted by Crippen LogP contribution is 2.30. The minimum atomic E-state index is -4.99. The normalized spacial score (nSPS) is 18.6. The van der Waals surface area contributed by atoms with Gasteiger partial charge in [-0.05, 0) is 44.4 Å². The summed E-state index contributed by atoms with van der Waals surface area (Å²) < 4.78 is 36.9. The van der Waals surface area contributed by atoms with Gasteiger partial charge in [-0.25, -0.2) is 0 Å². The zero-order valence-electron chi connectivity index (χ0n) is 12.6. The number of carbonyl (C=O) groups is 2. The highest BCUT2D eigenvalue weighted by molar-refractivity contribution is 6.02. The number of carbonyl (C=O) groups excluding carboxylic acids is 2. The van der Waals surface area contributed by atoms with E-state index in [9.17, 15) is 22.8 Å². The third-order valence-corrected chi connectivity index (χ3v) is 3.89. The Morgan fingerprint density at radius 1 is 1.30 bits per heavy atom. The summed E-state index contributed by atoms with van der Waals surface area (Å²) in [5.74, 6) is -2.84.